The average Bonchev–Trinajstić information content (AvgIpc) is 3.32. The number of nitrogens with zero attached hydrogens (tertiary/aromatic N) is 4. The quantitative estimate of drug-likeness (QED) is 0.286. The molecule has 0 radical (unpaired) electrons. The van der Waals surface area contributed by atoms with Gasteiger partial charge in [0.15, 0.2) is 0 Å². The number of hydrogen-bond acceptors (Lipinski definition) is 5. The van der Waals surface area contributed by atoms with E-state index >= 15 is 0 Å². The minimum absolute atomic E-state index is 0.0617. The van der Waals surface area contributed by atoms with E-state index in [1.54, 1.807) is 31.4 Å². The molecule has 1 N–H and O–H groups in total. The molecule has 3 aromatic carbocycles. The number of carbonyl (C=O) groups is 1. The predicted molar refractivity (Wildman–Crippen MR) is 145 cm³/mol. The number of aromatic carboxylic acids is 1. The second-order valence-corrected chi connectivity index (χ2v) is 9.41. The van der Waals surface area contributed by atoms with Gasteiger partial charge in [-0.1, -0.05) is 36.4 Å². The highest BCUT2D eigenvalue weighted by Crippen LogP contribution is 2.28. The molecule has 0 aliphatic carbocycles. The van der Waals surface area contributed by atoms with Gasteiger partial charge < -0.3 is 14.4 Å². The lowest BCUT2D eigenvalue weighted by molar-refractivity contribution is 0.0693. The molecule has 0 unspecified atom stereocenters. The van der Waals surface area contributed by atoms with Gasteiger partial charge in [-0.15, -0.1) is 0 Å². The molecule has 10 heteroatoms. The van der Waals surface area contributed by atoms with E-state index in [1.807, 2.05) is 42.3 Å². The Kier molecular flexibility index (Phi) is 7.43. The highest BCUT2D eigenvalue weighted by atomic mass is 19.1. The maximum absolute atomic E-state index is 14.6. The molecule has 0 saturated carbocycles. The monoisotopic (exact) mass is 544 g/mol. The van der Waals surface area contributed by atoms with Crippen molar-refractivity contribution in [1.29, 1.82) is 0 Å². The SMILES string of the molecule is COc1ccc(-c2nc3n(Cc4c(F)cccc4F)cc(C(=O)O)c(=O)n3c2CN(C)Cc2ccccc2)cc1. The van der Waals surface area contributed by atoms with Crippen molar-refractivity contribution >= 4 is 11.7 Å². The van der Waals surface area contributed by atoms with Crippen LogP contribution in [-0.2, 0) is 19.6 Å². The number of ether oxygens (including phenoxy) is 1. The first kappa shape index (κ1) is 26.8. The molecule has 2 aromatic heterocycles. The van der Waals surface area contributed by atoms with E-state index in [1.165, 1.54) is 15.0 Å². The van der Waals surface area contributed by atoms with Crippen molar-refractivity contribution in [2.24, 2.45) is 0 Å². The number of rotatable bonds is 9. The van der Waals surface area contributed by atoms with E-state index < -0.39 is 28.7 Å². The highest BCUT2D eigenvalue weighted by Gasteiger charge is 2.24. The summed E-state index contributed by atoms with van der Waals surface area (Å²) in [4.78, 5) is 32.4. The van der Waals surface area contributed by atoms with E-state index in [9.17, 15) is 23.5 Å². The number of carboxylic acids is 1. The molecule has 0 spiro atoms. The third-order valence-electron chi connectivity index (χ3n) is 6.63. The Labute approximate surface area is 228 Å². The van der Waals surface area contributed by atoms with Crippen LogP contribution in [0.5, 0.6) is 5.75 Å². The van der Waals surface area contributed by atoms with Crippen molar-refractivity contribution in [3.05, 3.63) is 123 Å². The number of methoxy groups -OCH3 is 1. The largest absolute Gasteiger partial charge is 0.497 e. The van der Waals surface area contributed by atoms with Gasteiger partial charge in [-0.25, -0.2) is 23.0 Å². The Morgan fingerprint density at radius 3 is 2.27 bits per heavy atom. The van der Waals surface area contributed by atoms with E-state index in [-0.39, 0.29) is 24.4 Å². The zero-order chi connectivity index (χ0) is 28.4. The lowest BCUT2D eigenvalue weighted by atomic mass is 10.1. The van der Waals surface area contributed by atoms with Gasteiger partial charge in [0.1, 0.15) is 22.9 Å². The third kappa shape index (κ3) is 5.21. The first-order valence-corrected chi connectivity index (χ1v) is 12.4. The number of aromatic nitrogens is 3. The summed E-state index contributed by atoms with van der Waals surface area (Å²) in [6, 6.07) is 20.3. The van der Waals surface area contributed by atoms with Crippen molar-refractivity contribution in [3.8, 4) is 17.0 Å². The molecule has 0 aliphatic rings. The Hall–Kier alpha value is -4.83. The van der Waals surface area contributed by atoms with Crippen LogP contribution < -0.4 is 10.3 Å². The van der Waals surface area contributed by atoms with E-state index in [4.69, 9.17) is 9.72 Å². The van der Waals surface area contributed by atoms with Gasteiger partial charge in [0.2, 0.25) is 5.78 Å². The maximum Gasteiger partial charge on any atom is 0.342 e. The standard InChI is InChI=1S/C30H26F2N4O4/c1-34(15-19-7-4-3-5-8-19)18-26-27(20-11-13-21(40-2)14-12-20)33-30-35(16-22-24(31)9-6-10-25(22)32)17-23(29(38)39)28(37)36(26)30/h3-14,17H,15-16,18H2,1-2H3,(H,38,39). The molecule has 2 heterocycles. The summed E-state index contributed by atoms with van der Waals surface area (Å²) in [6.07, 6.45) is 1.08. The molecular formula is C30H26F2N4O4. The Balaban J connectivity index is 1.73. The molecule has 0 amide bonds. The number of benzene rings is 3. The van der Waals surface area contributed by atoms with E-state index in [0.29, 0.717) is 29.2 Å². The predicted octanol–water partition coefficient (Wildman–Crippen LogP) is 4.83. The summed E-state index contributed by atoms with van der Waals surface area (Å²) >= 11 is 0. The number of carboxylic acid groups (broad SMARTS) is 1. The minimum Gasteiger partial charge on any atom is -0.497 e. The van der Waals surface area contributed by atoms with Crippen molar-refractivity contribution < 1.29 is 23.4 Å². The van der Waals surface area contributed by atoms with Crippen molar-refractivity contribution in [2.45, 2.75) is 19.6 Å². The molecule has 8 nitrogen and oxygen atoms in total. The van der Waals surface area contributed by atoms with Crippen LogP contribution >= 0.6 is 0 Å². The summed E-state index contributed by atoms with van der Waals surface area (Å²) in [5.41, 5.74) is 0.967. The van der Waals surface area contributed by atoms with Crippen LogP contribution in [0.1, 0.15) is 27.2 Å². The Morgan fingerprint density at radius 2 is 1.65 bits per heavy atom. The fourth-order valence-corrected chi connectivity index (χ4v) is 4.69. The molecule has 0 aliphatic heterocycles. The van der Waals surface area contributed by atoms with Crippen molar-refractivity contribution in [2.75, 3.05) is 14.2 Å². The molecule has 40 heavy (non-hydrogen) atoms. The third-order valence-corrected chi connectivity index (χ3v) is 6.63. The molecule has 204 valence electrons. The van der Waals surface area contributed by atoms with Crippen LogP contribution in [0.15, 0.2) is 83.8 Å². The molecule has 5 rings (SSSR count). The molecule has 5 aromatic rings. The zero-order valence-electron chi connectivity index (χ0n) is 21.8. The first-order chi connectivity index (χ1) is 19.3. The maximum atomic E-state index is 14.6. The summed E-state index contributed by atoms with van der Waals surface area (Å²) in [6.45, 7) is 0.397. The topological polar surface area (TPSA) is 89.1 Å². The average molecular weight is 545 g/mol. The van der Waals surface area contributed by atoms with Crippen LogP contribution in [-0.4, -0.2) is 44.1 Å². The number of imidazole rings is 1. The van der Waals surface area contributed by atoms with Gasteiger partial charge >= 0.3 is 5.97 Å². The number of hydrogen-bond donors (Lipinski definition) is 1. The number of halogens is 2. The van der Waals surface area contributed by atoms with Crippen molar-refractivity contribution in [1.82, 2.24) is 18.9 Å². The lowest BCUT2D eigenvalue weighted by Crippen LogP contribution is -2.28. The van der Waals surface area contributed by atoms with Gasteiger partial charge in [-0.3, -0.25) is 9.69 Å². The van der Waals surface area contributed by atoms with Crippen LogP contribution in [0.3, 0.4) is 0 Å². The molecule has 0 bridgehead atoms. The van der Waals surface area contributed by atoms with Gasteiger partial charge in [-0.2, -0.15) is 0 Å². The Morgan fingerprint density at radius 1 is 0.975 bits per heavy atom. The van der Waals surface area contributed by atoms with Crippen LogP contribution in [0.4, 0.5) is 8.78 Å². The second-order valence-electron chi connectivity index (χ2n) is 9.41. The van der Waals surface area contributed by atoms with Gasteiger partial charge in [0, 0.05) is 30.4 Å². The lowest BCUT2D eigenvalue weighted by Gasteiger charge is -2.18. The Bertz CT molecular complexity index is 1730. The molecule has 0 saturated heterocycles. The van der Waals surface area contributed by atoms with Crippen molar-refractivity contribution in [3.63, 3.8) is 0 Å². The first-order valence-electron chi connectivity index (χ1n) is 12.4. The summed E-state index contributed by atoms with van der Waals surface area (Å²) in [5, 5.41) is 9.85. The van der Waals surface area contributed by atoms with Crippen LogP contribution in [0, 0.1) is 11.6 Å². The highest BCUT2D eigenvalue weighted by molar-refractivity contribution is 5.87. The normalized spacial score (nSPS) is 11.3. The van der Waals surface area contributed by atoms with Crippen LogP contribution in [0.2, 0.25) is 0 Å². The fourth-order valence-electron chi connectivity index (χ4n) is 4.69. The van der Waals surface area contributed by atoms with Gasteiger partial charge in [-0.05, 0) is 49.0 Å². The zero-order valence-corrected chi connectivity index (χ0v) is 21.8. The van der Waals surface area contributed by atoms with E-state index in [0.717, 1.165) is 23.9 Å². The van der Waals surface area contributed by atoms with Gasteiger partial charge in [0.25, 0.3) is 5.56 Å². The summed E-state index contributed by atoms with van der Waals surface area (Å²) < 4.78 is 37.0. The summed E-state index contributed by atoms with van der Waals surface area (Å²) in [7, 11) is 3.42. The summed E-state index contributed by atoms with van der Waals surface area (Å²) in [5.74, 6) is -2.36. The minimum atomic E-state index is -1.46. The smallest absolute Gasteiger partial charge is 0.342 e. The second kappa shape index (κ2) is 11.1. The van der Waals surface area contributed by atoms with Crippen LogP contribution in [0.25, 0.3) is 17.0 Å². The molecular weight excluding hydrogens is 518 g/mol. The van der Waals surface area contributed by atoms with Gasteiger partial charge in [0.05, 0.1) is 25.0 Å². The number of fused-ring (bicyclic) bond motifs is 1. The fraction of sp³-hybridized carbons (Fsp3) is 0.167. The molecule has 0 atom stereocenters. The molecule has 0 fully saturated rings. The van der Waals surface area contributed by atoms with E-state index in [2.05, 4.69) is 0 Å².